The summed E-state index contributed by atoms with van der Waals surface area (Å²) in [6, 6.07) is 8.86. The van der Waals surface area contributed by atoms with Crippen molar-refractivity contribution in [2.24, 2.45) is 0 Å². The van der Waals surface area contributed by atoms with E-state index in [1.54, 1.807) is 0 Å². The van der Waals surface area contributed by atoms with Gasteiger partial charge in [-0.3, -0.25) is 4.90 Å². The minimum absolute atomic E-state index is 0.213. The summed E-state index contributed by atoms with van der Waals surface area (Å²) in [5.74, 6) is 1.85. The maximum atomic E-state index is 5.65. The zero-order chi connectivity index (χ0) is 14.9. The van der Waals surface area contributed by atoms with E-state index < -0.39 is 0 Å². The number of aromatic nitrogens is 2. The molecule has 0 spiro atoms. The monoisotopic (exact) mass is 298 g/mol. The van der Waals surface area contributed by atoms with Crippen LogP contribution in [0.25, 0.3) is 0 Å². The molecule has 4 rings (SSSR count). The van der Waals surface area contributed by atoms with Gasteiger partial charge in [0.2, 0.25) is 5.89 Å². The minimum atomic E-state index is 0.213. The van der Waals surface area contributed by atoms with E-state index in [0.717, 1.165) is 44.2 Å². The lowest BCUT2D eigenvalue weighted by molar-refractivity contribution is 0.190. The Morgan fingerprint density at radius 3 is 3.14 bits per heavy atom. The van der Waals surface area contributed by atoms with Crippen molar-refractivity contribution >= 4 is 0 Å². The van der Waals surface area contributed by atoms with Gasteiger partial charge in [0.1, 0.15) is 0 Å². The molecule has 2 atom stereocenters. The zero-order valence-electron chi connectivity index (χ0n) is 13.0. The maximum absolute atomic E-state index is 5.65. The summed E-state index contributed by atoms with van der Waals surface area (Å²) in [5.41, 5.74) is 2.79. The Bertz CT molecular complexity index is 654. The predicted molar refractivity (Wildman–Crippen MR) is 83.8 cm³/mol. The van der Waals surface area contributed by atoms with E-state index in [9.17, 15) is 0 Å². The van der Waals surface area contributed by atoms with Crippen molar-refractivity contribution in [1.29, 1.82) is 0 Å². The standard InChI is InChI=1S/C17H22N4O/c1-21-10-9-18-11-15(21)16-19-17(22-20-16)14-8-4-6-12-5-2-3-7-13(12)14/h2-3,5,7,14-15,18H,4,6,8-11H2,1H3. The Labute approximate surface area is 130 Å². The Kier molecular flexibility index (Phi) is 3.68. The van der Waals surface area contributed by atoms with Gasteiger partial charge in [0.15, 0.2) is 5.82 Å². The summed E-state index contributed by atoms with van der Waals surface area (Å²) < 4.78 is 5.65. The molecular formula is C17H22N4O. The van der Waals surface area contributed by atoms with Crippen molar-refractivity contribution in [1.82, 2.24) is 20.4 Å². The number of benzene rings is 1. The summed E-state index contributed by atoms with van der Waals surface area (Å²) in [4.78, 5) is 7.04. The van der Waals surface area contributed by atoms with E-state index in [1.165, 1.54) is 17.5 Å². The smallest absolute Gasteiger partial charge is 0.234 e. The first kappa shape index (κ1) is 13.9. The molecule has 1 saturated heterocycles. The second-order valence-electron chi connectivity index (χ2n) is 6.33. The lowest BCUT2D eigenvalue weighted by atomic mass is 9.83. The number of nitrogens with one attached hydrogen (secondary N) is 1. The molecule has 5 heteroatoms. The highest BCUT2D eigenvalue weighted by atomic mass is 16.5. The Hall–Kier alpha value is -1.72. The number of hydrogen-bond acceptors (Lipinski definition) is 5. The number of hydrogen-bond donors (Lipinski definition) is 1. The van der Waals surface area contributed by atoms with Crippen molar-refractivity contribution in [2.45, 2.75) is 31.2 Å². The average molecular weight is 298 g/mol. The maximum Gasteiger partial charge on any atom is 0.234 e. The largest absolute Gasteiger partial charge is 0.339 e. The quantitative estimate of drug-likeness (QED) is 0.920. The van der Waals surface area contributed by atoms with Crippen LogP contribution in [-0.2, 0) is 6.42 Å². The van der Waals surface area contributed by atoms with Crippen molar-refractivity contribution in [3.05, 3.63) is 47.1 Å². The first-order valence-electron chi connectivity index (χ1n) is 8.15. The number of piperazine rings is 1. The molecular weight excluding hydrogens is 276 g/mol. The normalized spacial score (nSPS) is 25.9. The molecule has 0 radical (unpaired) electrons. The Morgan fingerprint density at radius 1 is 1.32 bits per heavy atom. The Morgan fingerprint density at radius 2 is 2.23 bits per heavy atom. The molecule has 5 nitrogen and oxygen atoms in total. The fourth-order valence-electron chi connectivity index (χ4n) is 3.63. The van der Waals surface area contributed by atoms with Gasteiger partial charge in [-0.15, -0.1) is 0 Å². The molecule has 1 aromatic carbocycles. The van der Waals surface area contributed by atoms with Gasteiger partial charge in [-0.1, -0.05) is 29.4 Å². The summed E-state index contributed by atoms with van der Waals surface area (Å²) >= 11 is 0. The van der Waals surface area contributed by atoms with Crippen LogP contribution in [0.4, 0.5) is 0 Å². The molecule has 1 aliphatic carbocycles. The molecule has 2 aromatic rings. The third kappa shape index (κ3) is 2.44. The van der Waals surface area contributed by atoms with Gasteiger partial charge < -0.3 is 9.84 Å². The highest BCUT2D eigenvalue weighted by molar-refractivity contribution is 5.35. The lowest BCUT2D eigenvalue weighted by Gasteiger charge is -2.30. The topological polar surface area (TPSA) is 54.2 Å². The van der Waals surface area contributed by atoms with Gasteiger partial charge in [0.25, 0.3) is 0 Å². The van der Waals surface area contributed by atoms with E-state index in [2.05, 4.69) is 46.7 Å². The lowest BCUT2D eigenvalue weighted by Crippen LogP contribution is -2.44. The van der Waals surface area contributed by atoms with Crippen LogP contribution in [0.3, 0.4) is 0 Å². The minimum Gasteiger partial charge on any atom is -0.339 e. The third-order valence-corrected chi connectivity index (χ3v) is 4.93. The van der Waals surface area contributed by atoms with E-state index in [1.807, 2.05) is 0 Å². The third-order valence-electron chi connectivity index (χ3n) is 4.93. The highest BCUT2D eigenvalue weighted by Crippen LogP contribution is 2.36. The van der Waals surface area contributed by atoms with Crippen LogP contribution in [0.15, 0.2) is 28.8 Å². The highest BCUT2D eigenvalue weighted by Gasteiger charge is 2.30. The van der Waals surface area contributed by atoms with Crippen molar-refractivity contribution < 1.29 is 4.52 Å². The molecule has 2 heterocycles. The zero-order valence-corrected chi connectivity index (χ0v) is 13.0. The van der Waals surface area contributed by atoms with Crippen LogP contribution in [0.1, 0.15) is 47.6 Å². The van der Waals surface area contributed by atoms with Crippen LogP contribution in [0, 0.1) is 0 Å². The number of aryl methyl sites for hydroxylation is 1. The fraction of sp³-hybridized carbons (Fsp3) is 0.529. The summed E-state index contributed by atoms with van der Waals surface area (Å²) in [7, 11) is 2.12. The molecule has 0 amide bonds. The molecule has 2 unspecified atom stereocenters. The van der Waals surface area contributed by atoms with Crippen LogP contribution < -0.4 is 5.32 Å². The fourth-order valence-corrected chi connectivity index (χ4v) is 3.63. The molecule has 22 heavy (non-hydrogen) atoms. The van der Waals surface area contributed by atoms with Gasteiger partial charge in [0.05, 0.1) is 12.0 Å². The van der Waals surface area contributed by atoms with Crippen molar-refractivity contribution in [3.63, 3.8) is 0 Å². The first-order valence-corrected chi connectivity index (χ1v) is 8.15. The van der Waals surface area contributed by atoms with E-state index >= 15 is 0 Å². The van der Waals surface area contributed by atoms with Crippen molar-refractivity contribution in [3.8, 4) is 0 Å². The van der Waals surface area contributed by atoms with Gasteiger partial charge in [-0.05, 0) is 37.4 Å². The van der Waals surface area contributed by atoms with Crippen LogP contribution in [0.5, 0.6) is 0 Å². The number of rotatable bonds is 2. The molecule has 2 aliphatic rings. The van der Waals surface area contributed by atoms with E-state index in [0.29, 0.717) is 0 Å². The summed E-state index contributed by atoms with van der Waals surface area (Å²) in [5, 5.41) is 7.68. The van der Waals surface area contributed by atoms with Gasteiger partial charge in [-0.25, -0.2) is 0 Å². The number of likely N-dealkylation sites (N-methyl/N-ethyl adjacent to an activating group) is 1. The molecule has 1 aliphatic heterocycles. The number of nitrogens with zero attached hydrogens (tertiary/aromatic N) is 3. The van der Waals surface area contributed by atoms with Crippen LogP contribution in [-0.4, -0.2) is 41.7 Å². The summed E-state index contributed by atoms with van der Waals surface area (Å²) in [6.45, 7) is 2.92. The van der Waals surface area contributed by atoms with E-state index in [-0.39, 0.29) is 12.0 Å². The van der Waals surface area contributed by atoms with Gasteiger partial charge >= 0.3 is 0 Å². The summed E-state index contributed by atoms with van der Waals surface area (Å²) in [6.07, 6.45) is 3.44. The molecule has 0 bridgehead atoms. The molecule has 1 fully saturated rings. The Balaban J connectivity index is 1.62. The number of fused-ring (bicyclic) bond motifs is 1. The van der Waals surface area contributed by atoms with Gasteiger partial charge in [0, 0.05) is 19.6 Å². The average Bonchev–Trinajstić information content (AvgIpc) is 3.04. The molecule has 116 valence electrons. The van der Waals surface area contributed by atoms with Crippen LogP contribution >= 0.6 is 0 Å². The van der Waals surface area contributed by atoms with Crippen molar-refractivity contribution in [2.75, 3.05) is 26.7 Å². The second kappa shape index (κ2) is 5.82. The molecule has 1 aromatic heterocycles. The molecule has 0 saturated carbocycles. The SMILES string of the molecule is CN1CCNCC1c1noc(C2CCCc3ccccc32)n1. The van der Waals surface area contributed by atoms with Crippen LogP contribution in [0.2, 0.25) is 0 Å². The van der Waals surface area contributed by atoms with E-state index in [4.69, 9.17) is 9.51 Å². The predicted octanol–water partition coefficient (Wildman–Crippen LogP) is 2.11. The van der Waals surface area contributed by atoms with Gasteiger partial charge in [-0.2, -0.15) is 4.98 Å². The molecule has 1 N–H and O–H groups in total. The second-order valence-corrected chi connectivity index (χ2v) is 6.33. The first-order chi connectivity index (χ1) is 10.8.